The number of carboxylic acids is 2. The zero-order chi connectivity index (χ0) is 24.4. The summed E-state index contributed by atoms with van der Waals surface area (Å²) >= 11 is 0. The number of hydrogen-bond acceptors (Lipinski definition) is 8. The van der Waals surface area contributed by atoms with Gasteiger partial charge in [-0.25, -0.2) is 14.4 Å². The van der Waals surface area contributed by atoms with Gasteiger partial charge in [0.2, 0.25) is 0 Å². The summed E-state index contributed by atoms with van der Waals surface area (Å²) < 4.78 is 5.18. The van der Waals surface area contributed by atoms with E-state index in [2.05, 4.69) is 0 Å². The number of benzene rings is 2. The van der Waals surface area contributed by atoms with Crippen molar-refractivity contribution in [3.63, 3.8) is 0 Å². The second-order valence-electron chi connectivity index (χ2n) is 7.01. The molecule has 0 fully saturated rings. The fourth-order valence-electron chi connectivity index (χ4n) is 3.56. The van der Waals surface area contributed by atoms with Crippen LogP contribution in [0.15, 0.2) is 35.9 Å². The molecule has 0 saturated heterocycles. The van der Waals surface area contributed by atoms with Crippen LogP contribution in [0.4, 0.5) is 11.4 Å². The van der Waals surface area contributed by atoms with Crippen LogP contribution in [0.5, 0.6) is 0 Å². The summed E-state index contributed by atoms with van der Waals surface area (Å²) in [7, 11) is 0. The number of nitro groups is 2. The molecule has 0 saturated carbocycles. The second kappa shape index (κ2) is 8.86. The van der Waals surface area contributed by atoms with Gasteiger partial charge >= 0.3 is 17.9 Å². The number of fused-ring (bicyclic) bond motifs is 3. The molecule has 2 aromatic carbocycles. The van der Waals surface area contributed by atoms with Gasteiger partial charge in [0.25, 0.3) is 11.4 Å². The average molecular weight is 456 g/mol. The summed E-state index contributed by atoms with van der Waals surface area (Å²) in [6.07, 6.45) is 1.24. The molecule has 0 unspecified atom stereocenters. The number of aliphatic carboxylic acids is 2. The first-order valence-electron chi connectivity index (χ1n) is 9.58. The molecule has 12 heteroatoms. The molecule has 0 atom stereocenters. The minimum absolute atomic E-state index is 0.00185. The van der Waals surface area contributed by atoms with Gasteiger partial charge in [-0.3, -0.25) is 20.2 Å². The third-order valence-corrected chi connectivity index (χ3v) is 4.98. The van der Waals surface area contributed by atoms with Gasteiger partial charge < -0.3 is 14.9 Å². The van der Waals surface area contributed by atoms with E-state index in [1.165, 1.54) is 6.07 Å². The van der Waals surface area contributed by atoms with Crippen LogP contribution in [0.1, 0.15) is 41.3 Å². The Hall–Kier alpha value is -4.61. The maximum absolute atomic E-state index is 12.8. The predicted octanol–water partition coefficient (Wildman–Crippen LogP) is 3.41. The molecule has 12 nitrogen and oxygen atoms in total. The SMILES string of the molecule is CCCCOC(=O)c1cc([N+](=O)[O-])cc2c1-c1ccc([N+](=O)[O-])cc1C2=C(C(=O)O)C(=O)O. The highest BCUT2D eigenvalue weighted by Crippen LogP contribution is 2.50. The summed E-state index contributed by atoms with van der Waals surface area (Å²) in [5.74, 6) is -4.65. The largest absolute Gasteiger partial charge is 0.477 e. The van der Waals surface area contributed by atoms with E-state index in [4.69, 9.17) is 4.74 Å². The molecule has 170 valence electrons. The van der Waals surface area contributed by atoms with Gasteiger partial charge in [0.15, 0.2) is 5.57 Å². The topological polar surface area (TPSA) is 187 Å². The fourth-order valence-corrected chi connectivity index (χ4v) is 3.56. The standard InChI is InChI=1S/C21H16N2O10/c1-2-3-6-33-21(28)15-9-11(23(31)32)8-14-16(15)12-5-4-10(22(29)30)7-13(12)17(14)18(19(24)25)20(26)27/h4-5,7-9H,2-3,6H2,1H3,(H,24,25)(H,26,27). The van der Waals surface area contributed by atoms with Crippen molar-refractivity contribution in [3.8, 4) is 11.1 Å². The van der Waals surface area contributed by atoms with Crippen molar-refractivity contribution < 1.29 is 39.2 Å². The number of nitrogens with zero attached hydrogens (tertiary/aromatic N) is 2. The highest BCUT2D eigenvalue weighted by atomic mass is 16.6. The van der Waals surface area contributed by atoms with Crippen LogP contribution in [-0.2, 0) is 14.3 Å². The highest BCUT2D eigenvalue weighted by Gasteiger charge is 2.37. The van der Waals surface area contributed by atoms with Crippen molar-refractivity contribution >= 4 is 34.9 Å². The fraction of sp³-hybridized carbons (Fsp3) is 0.190. The van der Waals surface area contributed by atoms with Gasteiger partial charge in [-0.2, -0.15) is 0 Å². The Morgan fingerprint density at radius 3 is 2.06 bits per heavy atom. The summed E-state index contributed by atoms with van der Waals surface area (Å²) in [6.45, 7) is 1.89. The number of ether oxygens (including phenoxy) is 1. The molecule has 0 aliphatic heterocycles. The summed E-state index contributed by atoms with van der Waals surface area (Å²) in [6, 6.07) is 5.18. The monoisotopic (exact) mass is 456 g/mol. The van der Waals surface area contributed by atoms with Gasteiger partial charge in [0.1, 0.15) is 0 Å². The quantitative estimate of drug-likeness (QED) is 0.0966. The molecule has 0 heterocycles. The van der Waals surface area contributed by atoms with Crippen LogP contribution in [0.25, 0.3) is 16.7 Å². The van der Waals surface area contributed by atoms with E-state index < -0.39 is 50.3 Å². The molecule has 0 radical (unpaired) electrons. The van der Waals surface area contributed by atoms with Gasteiger partial charge in [0.05, 0.1) is 22.0 Å². The number of rotatable bonds is 8. The number of carbonyl (C=O) groups is 3. The smallest absolute Gasteiger partial charge is 0.343 e. The zero-order valence-corrected chi connectivity index (χ0v) is 17.1. The first kappa shape index (κ1) is 23.1. The third-order valence-electron chi connectivity index (χ3n) is 4.98. The Morgan fingerprint density at radius 1 is 0.909 bits per heavy atom. The van der Waals surface area contributed by atoms with E-state index >= 15 is 0 Å². The molecule has 1 aliphatic carbocycles. The Labute approximate surface area is 185 Å². The third kappa shape index (κ3) is 4.13. The van der Waals surface area contributed by atoms with E-state index in [0.717, 1.165) is 24.3 Å². The lowest BCUT2D eigenvalue weighted by Crippen LogP contribution is -2.14. The first-order valence-corrected chi connectivity index (χ1v) is 9.58. The number of carbonyl (C=O) groups excluding carboxylic acids is 1. The summed E-state index contributed by atoms with van der Waals surface area (Å²) in [4.78, 5) is 57.5. The van der Waals surface area contributed by atoms with Crippen molar-refractivity contribution in [2.24, 2.45) is 0 Å². The molecular formula is C21H16N2O10. The minimum atomic E-state index is -1.86. The zero-order valence-electron chi connectivity index (χ0n) is 17.1. The van der Waals surface area contributed by atoms with Gasteiger partial charge in [0, 0.05) is 35.4 Å². The Balaban J connectivity index is 2.44. The minimum Gasteiger partial charge on any atom is -0.477 e. The van der Waals surface area contributed by atoms with E-state index in [-0.39, 0.29) is 34.4 Å². The van der Waals surface area contributed by atoms with Gasteiger partial charge in [-0.15, -0.1) is 0 Å². The average Bonchev–Trinajstić information content (AvgIpc) is 3.06. The first-order chi connectivity index (χ1) is 15.6. The molecule has 33 heavy (non-hydrogen) atoms. The molecule has 0 aromatic heterocycles. The lowest BCUT2D eigenvalue weighted by atomic mass is 9.95. The lowest BCUT2D eigenvalue weighted by Gasteiger charge is -2.10. The molecule has 2 N–H and O–H groups in total. The van der Waals surface area contributed by atoms with E-state index in [1.807, 2.05) is 6.92 Å². The molecule has 3 rings (SSSR count). The Bertz CT molecular complexity index is 1250. The van der Waals surface area contributed by atoms with E-state index in [9.17, 15) is 44.8 Å². The summed E-state index contributed by atoms with van der Waals surface area (Å²) in [5, 5.41) is 41.9. The van der Waals surface area contributed by atoms with E-state index in [0.29, 0.717) is 12.8 Å². The van der Waals surface area contributed by atoms with Crippen molar-refractivity contribution in [2.45, 2.75) is 19.8 Å². The second-order valence-corrected chi connectivity index (χ2v) is 7.01. The van der Waals surface area contributed by atoms with E-state index in [1.54, 1.807) is 0 Å². The highest BCUT2D eigenvalue weighted by molar-refractivity contribution is 6.24. The lowest BCUT2D eigenvalue weighted by molar-refractivity contribution is -0.385. The van der Waals surface area contributed by atoms with Crippen molar-refractivity contribution in [3.05, 3.63) is 72.8 Å². The van der Waals surface area contributed by atoms with Crippen LogP contribution in [0, 0.1) is 20.2 Å². The van der Waals surface area contributed by atoms with Crippen molar-refractivity contribution in [2.75, 3.05) is 6.61 Å². The van der Waals surface area contributed by atoms with Gasteiger partial charge in [-0.05, 0) is 29.2 Å². The van der Waals surface area contributed by atoms with Crippen molar-refractivity contribution in [1.29, 1.82) is 0 Å². The molecule has 2 aromatic rings. The molecule has 0 bridgehead atoms. The maximum atomic E-state index is 12.8. The van der Waals surface area contributed by atoms with Crippen LogP contribution >= 0.6 is 0 Å². The number of unbranched alkanes of at least 4 members (excludes halogenated alkanes) is 1. The number of carboxylic acid groups (broad SMARTS) is 2. The maximum Gasteiger partial charge on any atom is 0.343 e. The molecule has 0 spiro atoms. The van der Waals surface area contributed by atoms with Crippen LogP contribution in [0.3, 0.4) is 0 Å². The number of nitro benzene ring substituents is 2. The number of esters is 1. The Morgan fingerprint density at radius 2 is 1.52 bits per heavy atom. The predicted molar refractivity (Wildman–Crippen MR) is 112 cm³/mol. The summed E-state index contributed by atoms with van der Waals surface area (Å²) in [5.41, 5.74) is -3.23. The van der Waals surface area contributed by atoms with Crippen LogP contribution < -0.4 is 0 Å². The molecule has 1 aliphatic rings. The normalized spacial score (nSPS) is 11.4. The Kier molecular flexibility index (Phi) is 6.19. The van der Waals surface area contributed by atoms with Crippen LogP contribution in [-0.4, -0.2) is 44.6 Å². The number of hydrogen-bond donors (Lipinski definition) is 2. The van der Waals surface area contributed by atoms with Crippen molar-refractivity contribution in [1.82, 2.24) is 0 Å². The number of non-ortho nitro benzene ring substituents is 2. The van der Waals surface area contributed by atoms with Gasteiger partial charge in [-0.1, -0.05) is 13.3 Å². The van der Waals surface area contributed by atoms with Crippen LogP contribution in [0.2, 0.25) is 0 Å². The molecule has 0 amide bonds. The molecular weight excluding hydrogens is 440 g/mol.